The Morgan fingerprint density at radius 2 is 1.86 bits per heavy atom. The smallest absolute Gasteiger partial charge is 0.267 e. The number of aryl methyl sites for hydroxylation is 1. The lowest BCUT2D eigenvalue weighted by atomic mass is 9.97. The third-order valence-electron chi connectivity index (χ3n) is 3.29. The lowest BCUT2D eigenvalue weighted by Gasteiger charge is -2.11. The first-order chi connectivity index (χ1) is 10.6. The number of halogens is 2. The van der Waals surface area contributed by atoms with Gasteiger partial charge in [-0.2, -0.15) is 5.10 Å². The number of H-pyrrole nitrogens is 1. The molecule has 0 saturated carbocycles. The van der Waals surface area contributed by atoms with Crippen LogP contribution in [-0.4, -0.2) is 15.2 Å². The fraction of sp³-hybridized carbons (Fsp3) is 0.0625. The molecule has 0 spiro atoms. The average Bonchev–Trinajstić information content (AvgIpc) is 2.51. The van der Waals surface area contributed by atoms with Gasteiger partial charge < -0.3 is 0 Å². The molecule has 0 amide bonds. The molecule has 0 atom stereocenters. The van der Waals surface area contributed by atoms with Gasteiger partial charge in [-0.15, -0.1) is 0 Å². The van der Waals surface area contributed by atoms with E-state index in [0.29, 0.717) is 16.3 Å². The Morgan fingerprint density at radius 1 is 1.14 bits per heavy atom. The van der Waals surface area contributed by atoms with Crippen molar-refractivity contribution in [1.82, 2.24) is 15.2 Å². The summed E-state index contributed by atoms with van der Waals surface area (Å²) >= 11 is 5.90. The molecule has 3 rings (SSSR count). The number of rotatable bonds is 2. The molecule has 0 unspecified atom stereocenters. The minimum absolute atomic E-state index is 0.000741. The molecule has 0 aliphatic rings. The maximum Gasteiger partial charge on any atom is 0.274 e. The van der Waals surface area contributed by atoms with Crippen LogP contribution in [0.25, 0.3) is 22.4 Å². The maximum atomic E-state index is 14.1. The van der Waals surface area contributed by atoms with Gasteiger partial charge in [0, 0.05) is 16.8 Å². The Bertz CT molecular complexity index is 891. The Balaban J connectivity index is 2.36. The second-order valence-electron chi connectivity index (χ2n) is 4.73. The van der Waals surface area contributed by atoms with Crippen LogP contribution < -0.4 is 5.56 Å². The summed E-state index contributed by atoms with van der Waals surface area (Å²) in [5.74, 6) is -0.561. The van der Waals surface area contributed by atoms with Crippen molar-refractivity contribution in [3.05, 3.63) is 69.5 Å². The molecule has 0 fully saturated rings. The molecule has 0 aliphatic carbocycles. The van der Waals surface area contributed by atoms with Gasteiger partial charge in [0.1, 0.15) is 11.5 Å². The normalized spacial score (nSPS) is 10.7. The van der Waals surface area contributed by atoms with Gasteiger partial charge in [-0.05, 0) is 36.8 Å². The minimum Gasteiger partial charge on any atom is -0.267 e. The molecule has 4 nitrogen and oxygen atoms in total. The number of nitrogens with zero attached hydrogens (tertiary/aromatic N) is 2. The van der Waals surface area contributed by atoms with E-state index in [1.165, 1.54) is 18.3 Å². The highest BCUT2D eigenvalue weighted by molar-refractivity contribution is 6.30. The monoisotopic (exact) mass is 315 g/mol. The summed E-state index contributed by atoms with van der Waals surface area (Å²) in [6, 6.07) is 9.67. The van der Waals surface area contributed by atoms with Crippen LogP contribution in [0, 0.1) is 12.7 Å². The first kappa shape index (κ1) is 14.4. The standard InChI is InChI=1S/C16H11ClFN3O/c1-9-13(10-4-6-11(17)7-5-10)14(16(22)21-20-9)15-12(18)3-2-8-19-15/h2-8H,1H3,(H,21,22). The summed E-state index contributed by atoms with van der Waals surface area (Å²) in [7, 11) is 0. The molecule has 6 heteroatoms. The average molecular weight is 316 g/mol. The predicted octanol–water partition coefficient (Wildman–Crippen LogP) is 3.60. The highest BCUT2D eigenvalue weighted by atomic mass is 35.5. The Labute approximate surface area is 130 Å². The van der Waals surface area contributed by atoms with E-state index in [1.807, 2.05) is 0 Å². The second kappa shape index (κ2) is 5.69. The quantitative estimate of drug-likeness (QED) is 0.786. The number of benzene rings is 1. The molecular weight excluding hydrogens is 305 g/mol. The Kier molecular flexibility index (Phi) is 3.73. The topological polar surface area (TPSA) is 58.6 Å². The molecule has 110 valence electrons. The van der Waals surface area contributed by atoms with Gasteiger partial charge in [-0.25, -0.2) is 9.49 Å². The van der Waals surface area contributed by atoms with Gasteiger partial charge in [-0.3, -0.25) is 9.78 Å². The van der Waals surface area contributed by atoms with E-state index >= 15 is 0 Å². The molecule has 0 bridgehead atoms. The van der Waals surface area contributed by atoms with Gasteiger partial charge in [0.25, 0.3) is 5.56 Å². The first-order valence-electron chi connectivity index (χ1n) is 6.54. The lowest BCUT2D eigenvalue weighted by Crippen LogP contribution is -2.15. The number of nitrogens with one attached hydrogen (secondary N) is 1. The van der Waals surface area contributed by atoms with E-state index in [4.69, 9.17) is 11.6 Å². The van der Waals surface area contributed by atoms with Gasteiger partial charge >= 0.3 is 0 Å². The van der Waals surface area contributed by atoms with Crippen LogP contribution in [0.5, 0.6) is 0 Å². The zero-order valence-corrected chi connectivity index (χ0v) is 12.4. The fourth-order valence-corrected chi connectivity index (χ4v) is 2.43. The van der Waals surface area contributed by atoms with E-state index < -0.39 is 11.4 Å². The molecular formula is C16H11ClFN3O. The van der Waals surface area contributed by atoms with E-state index in [9.17, 15) is 9.18 Å². The van der Waals surface area contributed by atoms with Gasteiger partial charge in [-0.1, -0.05) is 23.7 Å². The lowest BCUT2D eigenvalue weighted by molar-refractivity contribution is 0.625. The van der Waals surface area contributed by atoms with Crippen LogP contribution in [0.4, 0.5) is 4.39 Å². The molecule has 2 aromatic heterocycles. The van der Waals surface area contributed by atoms with E-state index in [0.717, 1.165) is 5.56 Å². The summed E-state index contributed by atoms with van der Waals surface area (Å²) < 4.78 is 14.1. The van der Waals surface area contributed by atoms with Crippen molar-refractivity contribution in [1.29, 1.82) is 0 Å². The molecule has 1 N–H and O–H groups in total. The van der Waals surface area contributed by atoms with Crippen molar-refractivity contribution in [2.45, 2.75) is 6.92 Å². The summed E-state index contributed by atoms with van der Waals surface area (Å²) in [5.41, 5.74) is 1.50. The van der Waals surface area contributed by atoms with E-state index in [2.05, 4.69) is 15.2 Å². The molecule has 0 aliphatic heterocycles. The third-order valence-corrected chi connectivity index (χ3v) is 3.54. The highest BCUT2D eigenvalue weighted by Crippen LogP contribution is 2.31. The van der Waals surface area contributed by atoms with Crippen molar-refractivity contribution >= 4 is 11.6 Å². The molecule has 0 radical (unpaired) electrons. The van der Waals surface area contributed by atoms with Crippen molar-refractivity contribution in [2.75, 3.05) is 0 Å². The number of pyridine rings is 1. The largest absolute Gasteiger partial charge is 0.274 e. The molecule has 3 aromatic rings. The van der Waals surface area contributed by atoms with Gasteiger partial charge in [0.15, 0.2) is 0 Å². The van der Waals surface area contributed by atoms with Crippen molar-refractivity contribution < 1.29 is 4.39 Å². The van der Waals surface area contributed by atoms with Gasteiger partial charge in [0.05, 0.1) is 11.3 Å². The highest BCUT2D eigenvalue weighted by Gasteiger charge is 2.19. The van der Waals surface area contributed by atoms with Gasteiger partial charge in [0.2, 0.25) is 0 Å². The summed E-state index contributed by atoms with van der Waals surface area (Å²) in [6.07, 6.45) is 1.44. The second-order valence-corrected chi connectivity index (χ2v) is 5.17. The zero-order chi connectivity index (χ0) is 15.7. The zero-order valence-electron chi connectivity index (χ0n) is 11.6. The van der Waals surface area contributed by atoms with Crippen LogP contribution >= 0.6 is 11.6 Å². The Morgan fingerprint density at radius 3 is 2.55 bits per heavy atom. The SMILES string of the molecule is Cc1n[nH]c(=O)c(-c2ncccc2F)c1-c1ccc(Cl)cc1. The number of hydrogen-bond acceptors (Lipinski definition) is 3. The molecule has 1 aromatic carbocycles. The van der Waals surface area contributed by atoms with Crippen LogP contribution in [0.3, 0.4) is 0 Å². The van der Waals surface area contributed by atoms with Crippen molar-refractivity contribution in [3.63, 3.8) is 0 Å². The number of hydrogen-bond donors (Lipinski definition) is 1. The van der Waals surface area contributed by atoms with Crippen molar-refractivity contribution in [3.8, 4) is 22.4 Å². The Hall–Kier alpha value is -2.53. The molecule has 22 heavy (non-hydrogen) atoms. The van der Waals surface area contributed by atoms with Crippen LogP contribution in [-0.2, 0) is 0 Å². The fourth-order valence-electron chi connectivity index (χ4n) is 2.31. The van der Waals surface area contributed by atoms with Crippen LogP contribution in [0.1, 0.15) is 5.69 Å². The number of aromatic amines is 1. The van der Waals surface area contributed by atoms with E-state index in [1.54, 1.807) is 31.2 Å². The summed E-state index contributed by atoms with van der Waals surface area (Å²) in [4.78, 5) is 16.2. The third kappa shape index (κ3) is 2.51. The van der Waals surface area contributed by atoms with Crippen molar-refractivity contribution in [2.24, 2.45) is 0 Å². The summed E-state index contributed by atoms with van der Waals surface area (Å²) in [5, 5.41) is 6.92. The predicted molar refractivity (Wildman–Crippen MR) is 83.2 cm³/mol. The van der Waals surface area contributed by atoms with Crippen LogP contribution in [0.15, 0.2) is 47.4 Å². The van der Waals surface area contributed by atoms with E-state index in [-0.39, 0.29) is 11.3 Å². The first-order valence-corrected chi connectivity index (χ1v) is 6.92. The number of aromatic nitrogens is 3. The van der Waals surface area contributed by atoms with Crippen LogP contribution in [0.2, 0.25) is 5.02 Å². The maximum absolute atomic E-state index is 14.1. The molecule has 2 heterocycles. The molecule has 0 saturated heterocycles. The summed E-state index contributed by atoms with van der Waals surface area (Å²) in [6.45, 7) is 1.74. The minimum atomic E-state index is -0.561.